The second kappa shape index (κ2) is 6.50. The number of hydrogen-bond donors (Lipinski definition) is 0. The Labute approximate surface area is 128 Å². The maximum Gasteiger partial charge on any atom is 1.00 e. The summed E-state index contributed by atoms with van der Waals surface area (Å²) in [4.78, 5) is 3.67. The molecule has 0 unspecified atom stereocenters. The van der Waals surface area contributed by atoms with Gasteiger partial charge in [0.2, 0.25) is 0 Å². The molecule has 72 valence electrons. The second-order valence-corrected chi connectivity index (χ2v) is 3.12. The van der Waals surface area contributed by atoms with Crippen molar-refractivity contribution in [3.63, 3.8) is 0 Å². The van der Waals surface area contributed by atoms with Crippen molar-refractivity contribution in [2.24, 2.45) is 0 Å². The van der Waals surface area contributed by atoms with Gasteiger partial charge in [-0.1, -0.05) is 24.3 Å². The first-order valence-electron chi connectivity index (χ1n) is 3.79. The van der Waals surface area contributed by atoms with Crippen LogP contribution in [-0.2, 0) is 6.42 Å². The largest absolute Gasteiger partial charge is 1.00 e. The molecule has 0 spiro atoms. The molecule has 1 heterocycles. The van der Waals surface area contributed by atoms with E-state index in [9.17, 15) is 12.9 Å². The molecule has 0 radical (unpaired) electrons. The van der Waals surface area contributed by atoms with Gasteiger partial charge in [0.15, 0.2) is 0 Å². The van der Waals surface area contributed by atoms with Gasteiger partial charge in [-0.2, -0.15) is 0 Å². The van der Waals surface area contributed by atoms with Gasteiger partial charge >= 0.3 is 58.4 Å². The summed E-state index contributed by atoms with van der Waals surface area (Å²) in [6, 6.07) is 2.98. The number of aryl methyl sites for hydroxylation is 1. The molecule has 1 nitrogen and oxygen atoms in total. The van der Waals surface area contributed by atoms with Crippen LogP contribution in [0.5, 0.6) is 0 Å². The van der Waals surface area contributed by atoms with E-state index in [1.807, 2.05) is 0 Å². The maximum absolute atomic E-state index is 11.9. The first-order valence-corrected chi connectivity index (χ1v) is 4.16. The van der Waals surface area contributed by atoms with Gasteiger partial charge in [0.1, 0.15) is 5.15 Å². The Morgan fingerprint density at radius 2 is 2.00 bits per heavy atom. The number of nitrogens with zero attached hydrogens (tertiary/aromatic N) is 1. The molecule has 0 aliphatic heterocycles. The van der Waals surface area contributed by atoms with E-state index in [-0.39, 0.29) is 63.0 Å². The molecule has 0 aromatic carbocycles. The third kappa shape index (κ3) is 6.42. The Morgan fingerprint density at radius 1 is 1.36 bits per heavy atom. The summed E-state index contributed by atoms with van der Waals surface area (Å²) >= 11 is 5.51. The molecule has 0 saturated heterocycles. The molecule has 0 N–H and O–H groups in total. The summed E-state index contributed by atoms with van der Waals surface area (Å²) in [6.45, 7) is -4.70. The van der Waals surface area contributed by atoms with E-state index in [1.165, 1.54) is 18.3 Å². The molecular weight excluding hydrogens is 240 g/mol. The van der Waals surface area contributed by atoms with Crippen molar-refractivity contribution >= 4 is 18.6 Å². The fourth-order valence-corrected chi connectivity index (χ4v) is 1.12. The van der Waals surface area contributed by atoms with E-state index in [0.717, 1.165) is 0 Å². The van der Waals surface area contributed by atoms with Crippen molar-refractivity contribution in [2.45, 2.75) is 12.7 Å². The molecule has 0 fully saturated rings. The Hall–Kier alpha value is 0.931. The quantitative estimate of drug-likeness (QED) is 0.547. The van der Waals surface area contributed by atoms with Crippen molar-refractivity contribution in [3.8, 4) is 0 Å². The van der Waals surface area contributed by atoms with E-state index >= 15 is 0 Å². The molecule has 0 amide bonds. The van der Waals surface area contributed by atoms with E-state index in [4.69, 9.17) is 11.6 Å². The fourth-order valence-electron chi connectivity index (χ4n) is 0.928. The summed E-state index contributed by atoms with van der Waals surface area (Å²) in [5, 5.41) is 0.229. The SMILES string of the molecule is F[B-](F)(F)CCc1ccnc(Cl)c1.[K+]. The summed E-state index contributed by atoms with van der Waals surface area (Å²) in [5.41, 5.74) is 0.569. The molecule has 1 aromatic rings. The molecule has 0 aliphatic rings. The number of pyridine rings is 1. The fraction of sp³-hybridized carbons (Fsp3) is 0.286. The molecule has 0 bridgehead atoms. The minimum absolute atomic E-state index is 0. The van der Waals surface area contributed by atoms with Crippen LogP contribution in [-0.4, -0.2) is 12.0 Å². The van der Waals surface area contributed by atoms with Crippen LogP contribution in [0.1, 0.15) is 5.56 Å². The zero-order chi connectivity index (χ0) is 9.90. The van der Waals surface area contributed by atoms with Crippen LogP contribution in [0, 0.1) is 0 Å². The maximum atomic E-state index is 11.9. The Morgan fingerprint density at radius 3 is 2.50 bits per heavy atom. The van der Waals surface area contributed by atoms with Crippen molar-refractivity contribution in [3.05, 3.63) is 29.0 Å². The summed E-state index contributed by atoms with van der Waals surface area (Å²) in [5.74, 6) is 0. The molecule has 1 rings (SSSR count). The summed E-state index contributed by atoms with van der Waals surface area (Å²) < 4.78 is 35.6. The van der Waals surface area contributed by atoms with Crippen molar-refractivity contribution in [1.29, 1.82) is 0 Å². The predicted octanol–water partition coefficient (Wildman–Crippen LogP) is 0.129. The van der Waals surface area contributed by atoms with Gasteiger partial charge in [0.05, 0.1) is 0 Å². The van der Waals surface area contributed by atoms with Gasteiger partial charge in [-0.05, 0) is 17.7 Å². The predicted molar refractivity (Wildman–Crippen MR) is 46.8 cm³/mol. The zero-order valence-electron chi connectivity index (χ0n) is 7.68. The average molecular weight is 247 g/mol. The summed E-state index contributed by atoms with van der Waals surface area (Å²) in [6.07, 6.45) is 0.618. The van der Waals surface area contributed by atoms with Gasteiger partial charge in [-0.25, -0.2) is 4.98 Å². The van der Waals surface area contributed by atoms with Gasteiger partial charge in [-0.3, -0.25) is 0 Å². The van der Waals surface area contributed by atoms with E-state index in [0.29, 0.717) is 5.56 Å². The van der Waals surface area contributed by atoms with Crippen LogP contribution in [0.15, 0.2) is 18.3 Å². The minimum atomic E-state index is -4.70. The minimum Gasteiger partial charge on any atom is -0.449 e. The number of hydrogen-bond acceptors (Lipinski definition) is 1. The first-order chi connectivity index (χ1) is 5.97. The van der Waals surface area contributed by atoms with Crippen molar-refractivity contribution < 1.29 is 64.3 Å². The van der Waals surface area contributed by atoms with Crippen LogP contribution in [0.2, 0.25) is 11.5 Å². The second-order valence-electron chi connectivity index (χ2n) is 2.74. The van der Waals surface area contributed by atoms with E-state index < -0.39 is 13.3 Å². The van der Waals surface area contributed by atoms with Gasteiger partial charge in [-0.15, -0.1) is 0 Å². The number of aromatic nitrogens is 1. The van der Waals surface area contributed by atoms with E-state index in [2.05, 4.69) is 4.98 Å². The molecule has 1 aromatic heterocycles. The first kappa shape index (κ1) is 14.9. The Bertz CT molecular complexity index is 295. The average Bonchev–Trinajstić information content (AvgIpc) is 2.00. The van der Waals surface area contributed by atoms with Crippen LogP contribution in [0.3, 0.4) is 0 Å². The van der Waals surface area contributed by atoms with Gasteiger partial charge < -0.3 is 12.9 Å². The number of halogens is 4. The Balaban J connectivity index is 0.00000169. The third-order valence-corrected chi connectivity index (χ3v) is 1.76. The smallest absolute Gasteiger partial charge is 0.449 e. The third-order valence-electron chi connectivity index (χ3n) is 1.55. The van der Waals surface area contributed by atoms with Gasteiger partial charge in [0.25, 0.3) is 0 Å². The van der Waals surface area contributed by atoms with E-state index in [1.54, 1.807) is 0 Å². The van der Waals surface area contributed by atoms with Crippen LogP contribution in [0.25, 0.3) is 0 Å². The van der Waals surface area contributed by atoms with Gasteiger partial charge in [0, 0.05) is 6.20 Å². The summed E-state index contributed by atoms with van der Waals surface area (Å²) in [7, 11) is 0. The molecule has 0 atom stereocenters. The molecule has 0 aliphatic carbocycles. The van der Waals surface area contributed by atoms with Crippen LogP contribution in [0.4, 0.5) is 12.9 Å². The molecule has 0 saturated carbocycles. The normalized spacial score (nSPS) is 10.9. The van der Waals surface area contributed by atoms with Crippen LogP contribution < -0.4 is 51.4 Å². The number of rotatable bonds is 3. The van der Waals surface area contributed by atoms with Crippen molar-refractivity contribution in [1.82, 2.24) is 4.98 Å². The standard InChI is InChI=1S/C7H7BClF3N.K/c9-7-5-6(2-4-13-7)1-3-8(10,11)12;/h2,4-5H,1,3H2;/q-1;+1. The van der Waals surface area contributed by atoms with Crippen LogP contribution >= 0.6 is 11.6 Å². The monoisotopic (exact) mass is 247 g/mol. The Kier molecular flexibility index (Phi) is 6.93. The zero-order valence-corrected chi connectivity index (χ0v) is 11.6. The molecule has 14 heavy (non-hydrogen) atoms. The molecular formula is C7H7BClF3KN. The topological polar surface area (TPSA) is 12.9 Å². The molecule has 7 heteroatoms. The van der Waals surface area contributed by atoms with Crippen molar-refractivity contribution in [2.75, 3.05) is 0 Å².